The van der Waals surface area contributed by atoms with Crippen LogP contribution in [0.15, 0.2) is 352 Å². The molecular formula is C114H112BN3Si2. The number of nitrogens with zero attached hydrogens (tertiary/aromatic N) is 3. The van der Waals surface area contributed by atoms with Crippen molar-refractivity contribution in [1.29, 1.82) is 0 Å². The van der Waals surface area contributed by atoms with Crippen LogP contribution in [0.1, 0.15) is 158 Å². The van der Waals surface area contributed by atoms with Gasteiger partial charge in [0.1, 0.15) is 0 Å². The van der Waals surface area contributed by atoms with E-state index in [2.05, 4.69) is 491 Å². The Balaban J connectivity index is 1.01. The van der Waals surface area contributed by atoms with Gasteiger partial charge in [0.2, 0.25) is 0 Å². The topological polar surface area (TPSA) is 11.4 Å². The van der Waals surface area contributed by atoms with Crippen LogP contribution in [0.3, 0.4) is 0 Å². The minimum Gasteiger partial charge on any atom is -0.311 e. The lowest BCUT2D eigenvalue weighted by atomic mass is 9.33. The van der Waals surface area contributed by atoms with E-state index in [1.54, 1.807) is 0 Å². The van der Waals surface area contributed by atoms with Crippen molar-refractivity contribution in [3.05, 3.63) is 385 Å². The minimum atomic E-state index is -3.23. The van der Waals surface area contributed by atoms with Gasteiger partial charge >= 0.3 is 0 Å². The number of rotatable bonds is 13. The molecule has 0 unspecified atom stereocenters. The lowest BCUT2D eigenvalue weighted by Crippen LogP contribution is -2.75. The van der Waals surface area contributed by atoms with Crippen LogP contribution in [0.5, 0.6) is 0 Å². The molecule has 1 aromatic heterocycles. The van der Waals surface area contributed by atoms with Crippen LogP contribution in [-0.4, -0.2) is 27.4 Å². The predicted molar refractivity (Wildman–Crippen MR) is 525 cm³/mol. The van der Waals surface area contributed by atoms with Gasteiger partial charge in [0.05, 0.1) is 16.7 Å². The van der Waals surface area contributed by atoms with Crippen LogP contribution in [-0.2, 0) is 32.5 Å². The second-order valence-electron chi connectivity index (χ2n) is 40.2. The van der Waals surface area contributed by atoms with Gasteiger partial charge in [-0.2, -0.15) is 0 Å². The second-order valence-corrected chi connectivity index (χ2v) is 47.9. The fourth-order valence-corrected chi connectivity index (χ4v) is 29.0. The third-order valence-electron chi connectivity index (χ3n) is 26.1. The van der Waals surface area contributed by atoms with Crippen LogP contribution in [0.4, 0.5) is 34.1 Å². The fourth-order valence-electron chi connectivity index (χ4n) is 19.4. The summed E-state index contributed by atoms with van der Waals surface area (Å²) in [6.45, 7) is 42.1. The summed E-state index contributed by atoms with van der Waals surface area (Å²) in [4.78, 5) is 5.42. The Morgan fingerprint density at radius 2 is 0.533 bits per heavy atom. The molecule has 0 atom stereocenters. The van der Waals surface area contributed by atoms with Crippen LogP contribution in [0, 0.1) is 0 Å². The highest BCUT2D eigenvalue weighted by molar-refractivity contribution is 7.20. The van der Waals surface area contributed by atoms with E-state index in [1.165, 1.54) is 135 Å². The van der Waals surface area contributed by atoms with Gasteiger partial charge in [-0.25, -0.2) is 0 Å². The highest BCUT2D eigenvalue weighted by atomic mass is 28.3. The molecule has 3 nitrogen and oxygen atoms in total. The first kappa shape index (κ1) is 79.3. The minimum absolute atomic E-state index is 0.0606. The molecule has 16 aromatic rings. The van der Waals surface area contributed by atoms with E-state index in [0.717, 1.165) is 39.8 Å². The summed E-state index contributed by atoms with van der Waals surface area (Å²) >= 11 is 0. The first-order valence-electron chi connectivity index (χ1n) is 43.3. The summed E-state index contributed by atoms with van der Waals surface area (Å²) in [6, 6.07) is 138. The number of fused-ring (bicyclic) bond motifs is 7. The maximum atomic E-state index is 2.74. The summed E-state index contributed by atoms with van der Waals surface area (Å²) in [6.07, 6.45) is 0. The summed E-state index contributed by atoms with van der Waals surface area (Å²) in [5.74, 6) is 0. The van der Waals surface area contributed by atoms with Gasteiger partial charge in [-0.15, -0.1) is 0 Å². The third kappa shape index (κ3) is 13.8. The Kier molecular flexibility index (Phi) is 19.5. The molecule has 0 spiro atoms. The van der Waals surface area contributed by atoms with Gasteiger partial charge in [-0.1, -0.05) is 404 Å². The van der Waals surface area contributed by atoms with Crippen LogP contribution in [0.2, 0.25) is 0 Å². The van der Waals surface area contributed by atoms with Crippen LogP contribution in [0.25, 0.3) is 49.7 Å². The van der Waals surface area contributed by atoms with E-state index < -0.39 is 16.1 Å². The molecule has 0 N–H and O–H groups in total. The van der Waals surface area contributed by atoms with Gasteiger partial charge in [-0.05, 0) is 219 Å². The van der Waals surface area contributed by atoms with Crippen molar-refractivity contribution in [2.75, 3.05) is 9.80 Å². The predicted octanol–water partition coefficient (Wildman–Crippen LogP) is 22.7. The average molecular weight is 1590 g/mol. The molecular weight excluding hydrogens is 1480 g/mol. The lowest BCUT2D eigenvalue weighted by molar-refractivity contribution is 0.568. The van der Waals surface area contributed by atoms with E-state index in [1.807, 2.05) is 0 Å². The monoisotopic (exact) mass is 1590 g/mol. The van der Waals surface area contributed by atoms with Crippen LogP contribution < -0.4 is 67.7 Å². The molecule has 0 fully saturated rings. The first-order chi connectivity index (χ1) is 57.3. The van der Waals surface area contributed by atoms with Crippen molar-refractivity contribution in [3.63, 3.8) is 0 Å². The second kappa shape index (κ2) is 29.6. The maximum Gasteiger partial charge on any atom is 0.252 e. The van der Waals surface area contributed by atoms with Gasteiger partial charge in [-0.3, -0.25) is 0 Å². The molecule has 594 valence electrons. The normalized spacial score (nSPS) is 13.4. The average Bonchev–Trinajstić information content (AvgIpc) is 0.745. The van der Waals surface area contributed by atoms with E-state index in [4.69, 9.17) is 0 Å². The highest BCUT2D eigenvalue weighted by Crippen LogP contribution is 2.49. The summed E-state index contributed by atoms with van der Waals surface area (Å²) in [7, 11) is -6.41. The molecule has 2 aliphatic heterocycles. The van der Waals surface area contributed by atoms with Gasteiger partial charge in [0, 0.05) is 44.9 Å². The van der Waals surface area contributed by atoms with Crippen LogP contribution >= 0.6 is 0 Å². The van der Waals surface area contributed by atoms with E-state index in [0.29, 0.717) is 0 Å². The molecule has 120 heavy (non-hydrogen) atoms. The quantitative estimate of drug-likeness (QED) is 0.0842. The summed E-state index contributed by atoms with van der Waals surface area (Å²) < 4.78 is 2.63. The summed E-state index contributed by atoms with van der Waals surface area (Å²) in [5, 5.41) is 13.1. The molecule has 0 saturated heterocycles. The van der Waals surface area contributed by atoms with Gasteiger partial charge in [0.25, 0.3) is 6.71 Å². The molecule has 6 heteroatoms. The Morgan fingerprint density at radius 1 is 0.208 bits per heavy atom. The zero-order valence-electron chi connectivity index (χ0n) is 73.4. The Hall–Kier alpha value is -11.8. The summed E-state index contributed by atoms with van der Waals surface area (Å²) in [5.41, 5.74) is 26.2. The molecule has 0 amide bonds. The van der Waals surface area contributed by atoms with Crippen molar-refractivity contribution in [1.82, 2.24) is 4.57 Å². The number of aromatic nitrogens is 1. The molecule has 3 heterocycles. The fraction of sp³-hybridized carbons (Fsp3) is 0.211. The maximum absolute atomic E-state index is 3.23. The van der Waals surface area contributed by atoms with Crippen molar-refractivity contribution in [3.8, 4) is 27.9 Å². The SMILES string of the molecule is CC(C)(C)c1cc(-c2ccc(N3c4cc(-c5cc(C(C)(C)C)cc(C(C)(C)C)c5)ccc4B4c5ccc([Si](c6ccccc6)(c6ccccc6)c6ccccc6)cc5N(c5cccc([Si](c6ccccc6)(c6ccccc6)c6ccccc6)c5)c5cc(-n6c7ccc(C(C)(C)C)cc7c7cc(C(C)(C)C)ccc76)cc3c54)cc2)cc(C(C)(C)C)c1. The van der Waals surface area contributed by atoms with Gasteiger partial charge in [0.15, 0.2) is 16.1 Å². The van der Waals surface area contributed by atoms with E-state index >= 15 is 0 Å². The smallest absolute Gasteiger partial charge is 0.252 e. The molecule has 0 radical (unpaired) electrons. The first-order valence-corrected chi connectivity index (χ1v) is 47.3. The molecule has 0 bridgehead atoms. The molecule has 0 saturated carbocycles. The molecule has 15 aromatic carbocycles. The Morgan fingerprint density at radius 3 is 0.908 bits per heavy atom. The van der Waals surface area contributed by atoms with Crippen molar-refractivity contribution in [2.24, 2.45) is 0 Å². The van der Waals surface area contributed by atoms with Crippen molar-refractivity contribution < 1.29 is 0 Å². The Labute approximate surface area is 716 Å². The number of anilines is 6. The highest BCUT2D eigenvalue weighted by Gasteiger charge is 2.49. The molecule has 18 rings (SSSR count). The number of hydrogen-bond acceptors (Lipinski definition) is 2. The van der Waals surface area contributed by atoms with Crippen molar-refractivity contribution in [2.45, 2.75) is 157 Å². The molecule has 2 aliphatic rings. The number of benzene rings is 15. The van der Waals surface area contributed by atoms with E-state index in [-0.39, 0.29) is 39.2 Å². The zero-order chi connectivity index (χ0) is 83.8. The largest absolute Gasteiger partial charge is 0.311 e. The zero-order valence-corrected chi connectivity index (χ0v) is 75.4. The van der Waals surface area contributed by atoms with Gasteiger partial charge < -0.3 is 14.4 Å². The third-order valence-corrected chi connectivity index (χ3v) is 35.7. The standard InChI is InChI=1S/C114H112BN3Si2/c1-109(2,3)81-55-62-102-98(71-81)99-72-82(110(4,5)6)56-63-103(99)118(102)89-74-106-108-107(75-89)117(88-38-37-51-96(73-88)119(90-39-25-19-26-40-90,91-41-27-20-28-42-91)92-43-29-21-30-44-92)105-76-97(120(93-45-31-22-32-46-93,94-47-33-23-34-48-94)95-49-35-24-36-50-95)59-61-101(105)115(108)100-60-54-78(80-66-85(113(13,14)15)70-86(67-80)114(16,17)18)68-104(100)116(106)87-57-52-77(53-58-87)79-64-83(111(7,8)9)69-84(65-79)112(10,11)12/h19-76H,1-18H3. The van der Waals surface area contributed by atoms with E-state index in [9.17, 15) is 0 Å². The lowest BCUT2D eigenvalue weighted by Gasteiger charge is -2.45. The Bertz CT molecular complexity index is 6240. The number of hydrogen-bond donors (Lipinski definition) is 0. The van der Waals surface area contributed by atoms with Crippen molar-refractivity contribution >= 4 is 137 Å². The molecule has 0 aliphatic carbocycles.